The Morgan fingerprint density at radius 1 is 1.59 bits per heavy atom. The average molecular weight is 321 g/mol. The van der Waals surface area contributed by atoms with Crippen LogP contribution in [0.2, 0.25) is 0 Å². The number of nitrogens with zero attached hydrogens (tertiary/aromatic N) is 2. The quantitative estimate of drug-likeness (QED) is 0.859. The van der Waals surface area contributed by atoms with Gasteiger partial charge in [-0.25, -0.2) is 0 Å². The largest absolute Gasteiger partial charge is 0.334 e. The molecule has 4 nitrogen and oxygen atoms in total. The van der Waals surface area contributed by atoms with Gasteiger partial charge in [0.2, 0.25) is 0 Å². The molecule has 1 fully saturated rings. The number of amides is 1. The molecule has 0 aromatic carbocycles. The van der Waals surface area contributed by atoms with E-state index in [1.165, 1.54) is 0 Å². The van der Waals surface area contributed by atoms with Crippen LogP contribution in [0.3, 0.4) is 0 Å². The highest BCUT2D eigenvalue weighted by Crippen LogP contribution is 2.19. The summed E-state index contributed by atoms with van der Waals surface area (Å²) in [5.74, 6) is 0.00856. The first-order chi connectivity index (χ1) is 7.59. The Balaban J connectivity index is 0.00000144. The van der Waals surface area contributed by atoms with Gasteiger partial charge in [-0.15, -0.1) is 12.4 Å². The molecule has 2 rings (SSSR count). The lowest BCUT2D eigenvalue weighted by molar-refractivity contribution is 0.0742. The Hall–Kier alpha value is -0.650. The van der Waals surface area contributed by atoms with Crippen molar-refractivity contribution in [2.45, 2.75) is 25.4 Å². The van der Waals surface area contributed by atoms with Crippen molar-refractivity contribution in [3.63, 3.8) is 0 Å². The van der Waals surface area contributed by atoms with E-state index < -0.39 is 0 Å². The highest BCUT2D eigenvalue weighted by Gasteiger charge is 2.31. The highest BCUT2D eigenvalue weighted by molar-refractivity contribution is 9.10. The van der Waals surface area contributed by atoms with E-state index in [1.807, 2.05) is 11.8 Å². The van der Waals surface area contributed by atoms with Crippen molar-refractivity contribution >= 4 is 34.2 Å². The monoisotopic (exact) mass is 319 g/mol. The molecule has 1 amide bonds. The summed E-state index contributed by atoms with van der Waals surface area (Å²) in [6, 6.07) is 1.97. The van der Waals surface area contributed by atoms with Crippen molar-refractivity contribution in [1.29, 1.82) is 0 Å². The zero-order chi connectivity index (χ0) is 11.7. The van der Waals surface area contributed by atoms with E-state index in [9.17, 15) is 4.79 Å². The topological polar surface area (TPSA) is 59.2 Å². The van der Waals surface area contributed by atoms with Crippen molar-refractivity contribution in [2.24, 2.45) is 5.73 Å². The molecule has 2 unspecified atom stereocenters. The third kappa shape index (κ3) is 2.97. The number of likely N-dealkylation sites (tertiary alicyclic amines) is 1. The lowest BCUT2D eigenvalue weighted by atomic mass is 10.1. The van der Waals surface area contributed by atoms with Crippen molar-refractivity contribution in [3.05, 3.63) is 28.5 Å². The number of hydrogen-bond acceptors (Lipinski definition) is 3. The van der Waals surface area contributed by atoms with Crippen molar-refractivity contribution in [2.75, 3.05) is 6.54 Å². The van der Waals surface area contributed by atoms with Gasteiger partial charge in [-0.1, -0.05) is 0 Å². The zero-order valence-electron chi connectivity index (χ0n) is 9.47. The third-order valence-corrected chi connectivity index (χ3v) is 3.46. The van der Waals surface area contributed by atoms with Crippen LogP contribution in [0.1, 0.15) is 23.7 Å². The van der Waals surface area contributed by atoms with E-state index in [0.29, 0.717) is 5.56 Å². The number of rotatable bonds is 1. The lowest BCUT2D eigenvalue weighted by Gasteiger charge is -2.23. The normalized spacial score (nSPS) is 23.4. The maximum absolute atomic E-state index is 12.2. The molecule has 1 aliphatic heterocycles. The SMILES string of the molecule is CC1C(N)CCN1C(=O)c1cncc(Br)c1.Cl. The average Bonchev–Trinajstić information content (AvgIpc) is 2.59. The van der Waals surface area contributed by atoms with E-state index in [4.69, 9.17) is 5.73 Å². The van der Waals surface area contributed by atoms with Crippen LogP contribution in [0.25, 0.3) is 0 Å². The second kappa shape index (κ2) is 5.80. The Kier molecular flexibility index (Phi) is 4.91. The minimum atomic E-state index is 0. The highest BCUT2D eigenvalue weighted by atomic mass is 79.9. The van der Waals surface area contributed by atoms with Crippen LogP contribution in [0, 0.1) is 0 Å². The molecule has 1 saturated heterocycles. The summed E-state index contributed by atoms with van der Waals surface area (Å²) in [6.45, 7) is 2.72. The van der Waals surface area contributed by atoms with Gasteiger partial charge in [-0.2, -0.15) is 0 Å². The molecule has 6 heteroatoms. The fraction of sp³-hybridized carbons (Fsp3) is 0.455. The summed E-state index contributed by atoms with van der Waals surface area (Å²) in [7, 11) is 0. The zero-order valence-corrected chi connectivity index (χ0v) is 11.9. The van der Waals surface area contributed by atoms with Gasteiger partial charge in [0, 0.05) is 35.5 Å². The Labute approximate surface area is 115 Å². The summed E-state index contributed by atoms with van der Waals surface area (Å²) >= 11 is 3.31. The molecule has 1 aromatic rings. The van der Waals surface area contributed by atoms with E-state index in [0.717, 1.165) is 17.4 Å². The predicted molar refractivity (Wildman–Crippen MR) is 72.3 cm³/mol. The lowest BCUT2D eigenvalue weighted by Crippen LogP contribution is -2.40. The number of carbonyl (C=O) groups excluding carboxylic acids is 1. The summed E-state index contributed by atoms with van der Waals surface area (Å²) in [5.41, 5.74) is 6.50. The molecule has 0 saturated carbocycles. The molecule has 0 aliphatic carbocycles. The molecule has 2 N–H and O–H groups in total. The molecule has 0 spiro atoms. The van der Waals surface area contributed by atoms with Crippen LogP contribution in [0.15, 0.2) is 22.9 Å². The second-order valence-electron chi connectivity index (χ2n) is 4.08. The standard InChI is InChI=1S/C11H14BrN3O.ClH/c1-7-10(13)2-3-15(7)11(16)8-4-9(12)6-14-5-8;/h4-7,10H,2-3,13H2,1H3;1H. The van der Waals surface area contributed by atoms with Crippen LogP contribution in [0.4, 0.5) is 0 Å². The van der Waals surface area contributed by atoms with Crippen LogP contribution in [-0.2, 0) is 0 Å². The van der Waals surface area contributed by atoms with E-state index in [2.05, 4.69) is 20.9 Å². The molecular weight excluding hydrogens is 305 g/mol. The molecular formula is C11H15BrClN3O. The van der Waals surface area contributed by atoms with Gasteiger partial charge in [0.15, 0.2) is 0 Å². The first-order valence-corrected chi connectivity index (χ1v) is 6.06. The number of halogens is 2. The van der Waals surface area contributed by atoms with Crippen LogP contribution in [-0.4, -0.2) is 34.4 Å². The molecule has 17 heavy (non-hydrogen) atoms. The fourth-order valence-corrected chi connectivity index (χ4v) is 2.31. The summed E-state index contributed by atoms with van der Waals surface area (Å²) in [5, 5.41) is 0. The van der Waals surface area contributed by atoms with Crippen LogP contribution < -0.4 is 5.73 Å². The Morgan fingerprint density at radius 2 is 2.29 bits per heavy atom. The van der Waals surface area contributed by atoms with Crippen LogP contribution in [0.5, 0.6) is 0 Å². The molecule has 2 atom stereocenters. The third-order valence-electron chi connectivity index (χ3n) is 3.03. The van der Waals surface area contributed by atoms with Crippen molar-refractivity contribution in [1.82, 2.24) is 9.88 Å². The number of nitrogens with two attached hydrogens (primary N) is 1. The van der Waals surface area contributed by atoms with Crippen molar-refractivity contribution < 1.29 is 4.79 Å². The number of hydrogen-bond donors (Lipinski definition) is 1. The molecule has 1 aliphatic rings. The van der Waals surface area contributed by atoms with Gasteiger partial charge in [-0.3, -0.25) is 9.78 Å². The minimum absolute atomic E-state index is 0. The molecule has 1 aromatic heterocycles. The van der Waals surface area contributed by atoms with Gasteiger partial charge in [0.25, 0.3) is 5.91 Å². The fourth-order valence-electron chi connectivity index (χ4n) is 1.95. The minimum Gasteiger partial charge on any atom is -0.334 e. The Bertz CT molecular complexity index is 415. The Morgan fingerprint density at radius 3 is 2.82 bits per heavy atom. The number of aromatic nitrogens is 1. The first-order valence-electron chi connectivity index (χ1n) is 5.26. The summed E-state index contributed by atoms with van der Waals surface area (Å²) in [6.07, 6.45) is 4.12. The number of pyridine rings is 1. The first kappa shape index (κ1) is 14.4. The van der Waals surface area contributed by atoms with E-state index in [1.54, 1.807) is 18.5 Å². The van der Waals surface area contributed by atoms with Crippen LogP contribution >= 0.6 is 28.3 Å². The van der Waals surface area contributed by atoms with Crippen molar-refractivity contribution in [3.8, 4) is 0 Å². The maximum atomic E-state index is 12.2. The van der Waals surface area contributed by atoms with E-state index >= 15 is 0 Å². The van der Waals surface area contributed by atoms with E-state index in [-0.39, 0.29) is 30.4 Å². The maximum Gasteiger partial charge on any atom is 0.255 e. The molecule has 0 bridgehead atoms. The number of carbonyl (C=O) groups is 1. The molecule has 94 valence electrons. The predicted octanol–water partition coefficient (Wildman–Crippen LogP) is 1.83. The van der Waals surface area contributed by atoms with Gasteiger partial charge >= 0.3 is 0 Å². The van der Waals surface area contributed by atoms with Gasteiger partial charge < -0.3 is 10.6 Å². The van der Waals surface area contributed by atoms with Gasteiger partial charge in [0.05, 0.1) is 5.56 Å². The molecule has 0 radical (unpaired) electrons. The van der Waals surface area contributed by atoms with Gasteiger partial charge in [-0.05, 0) is 35.3 Å². The summed E-state index contributed by atoms with van der Waals surface area (Å²) < 4.78 is 0.814. The summed E-state index contributed by atoms with van der Waals surface area (Å²) in [4.78, 5) is 18.0. The molecule has 2 heterocycles. The second-order valence-corrected chi connectivity index (χ2v) is 5.00. The smallest absolute Gasteiger partial charge is 0.255 e. The van der Waals surface area contributed by atoms with Gasteiger partial charge in [0.1, 0.15) is 0 Å².